The fourth-order valence-electron chi connectivity index (χ4n) is 7.06. The van der Waals surface area contributed by atoms with Gasteiger partial charge in [-0.1, -0.05) is 0 Å². The van der Waals surface area contributed by atoms with Crippen molar-refractivity contribution in [1.29, 1.82) is 0 Å². The molecule has 0 atom stereocenters. The van der Waals surface area contributed by atoms with E-state index in [1.165, 1.54) is 0 Å². The quantitative estimate of drug-likeness (QED) is 0.0668. The minimum Gasteiger partial charge on any atom is -0.354 e. The van der Waals surface area contributed by atoms with Crippen LogP contribution < -0.4 is 0 Å². The van der Waals surface area contributed by atoms with Gasteiger partial charge in [-0.05, 0) is 30.3 Å². The molecule has 0 saturated carbocycles. The molecule has 1 aliphatic heterocycles. The zero-order chi connectivity index (χ0) is 45.0. The van der Waals surface area contributed by atoms with E-state index in [2.05, 4.69) is 19.9 Å². The lowest BCUT2D eigenvalue weighted by Gasteiger charge is -2.11. The third kappa shape index (κ3) is 5.65. The second-order valence-electron chi connectivity index (χ2n) is 13.0. The summed E-state index contributed by atoms with van der Waals surface area (Å²) in [5.41, 5.74) is -18.8. The number of aromatic amines is 3. The van der Waals surface area contributed by atoms with E-state index in [1.807, 2.05) is 0 Å². The molecule has 0 aliphatic carbocycles. The molecular weight excluding hydrogens is 869 g/mol. The number of hydrogen-bond acceptors (Lipinski definition) is 4. The summed E-state index contributed by atoms with van der Waals surface area (Å²) in [7, 11) is 0. The maximum Gasteiger partial charge on any atom is 0.200 e. The number of aromatic nitrogens is 4. The predicted octanol–water partition coefficient (Wildman–Crippen LogP) is 11.0. The molecule has 0 saturated heterocycles. The van der Waals surface area contributed by atoms with Crippen molar-refractivity contribution in [2.24, 2.45) is 0 Å². The highest BCUT2D eigenvalue weighted by atomic mass is 19.2. The van der Waals surface area contributed by atoms with E-state index < -0.39 is 182 Å². The van der Waals surface area contributed by atoms with Gasteiger partial charge in [0.05, 0.1) is 50.2 Å². The van der Waals surface area contributed by atoms with Crippen LogP contribution in [0.5, 0.6) is 0 Å². The van der Waals surface area contributed by atoms with Crippen molar-refractivity contribution in [1.82, 2.24) is 19.9 Å². The summed E-state index contributed by atoms with van der Waals surface area (Å²) in [4.78, 5) is 48.8. The molecule has 0 spiro atoms. The normalized spacial score (nSPS) is 12.1. The lowest BCUT2D eigenvalue weighted by molar-refractivity contribution is -0.103. The van der Waals surface area contributed by atoms with Crippen LogP contribution in [0.15, 0.2) is 24.3 Å². The Kier molecular flexibility index (Phi) is 9.62. The van der Waals surface area contributed by atoms with Crippen LogP contribution in [0, 0.1) is 87.3 Å². The van der Waals surface area contributed by atoms with Gasteiger partial charge in [0.25, 0.3) is 0 Å². The van der Waals surface area contributed by atoms with Gasteiger partial charge in [-0.15, -0.1) is 0 Å². The number of nitrogens with zero attached hydrogens (tertiary/aromatic N) is 1. The van der Waals surface area contributed by atoms with Gasteiger partial charge in [-0.2, -0.15) is 0 Å². The third-order valence-electron chi connectivity index (χ3n) is 9.81. The van der Waals surface area contributed by atoms with Crippen LogP contribution in [0.1, 0.15) is 32.1 Å². The summed E-state index contributed by atoms with van der Waals surface area (Å²) in [6.07, 6.45) is 0.294. The van der Waals surface area contributed by atoms with Crippen molar-refractivity contribution >= 4 is 63.6 Å². The Morgan fingerprint density at radius 1 is 0.355 bits per heavy atom. The van der Waals surface area contributed by atoms with Gasteiger partial charge in [0, 0.05) is 44.3 Å². The van der Waals surface area contributed by atoms with Gasteiger partial charge in [0.1, 0.15) is 0 Å². The zero-order valence-corrected chi connectivity index (χ0v) is 29.5. The standard InChI is InChI=1S/C40H11F15N4O3/c41-23-20(24(42)30(48)35(53)29(23)47)17-12-1-3-14(56-12)18(21-25(43)31(49)36(54)32(50)26(21)44)38-9(6-60)5-16(58-38)39-10(7-61)11(8-62)40(59-39)19(15-4-2-13(17)57-15)22-27(45)33(51)37(55)34(52)28(22)46/h1-8,56-57,59H. The molecule has 7 aromatic rings. The minimum absolute atomic E-state index is 0.103. The number of fused-ring (bicyclic) bond motifs is 9. The molecule has 0 fully saturated rings. The van der Waals surface area contributed by atoms with Crippen LogP contribution in [-0.2, 0) is 4.79 Å². The third-order valence-corrected chi connectivity index (χ3v) is 9.81. The van der Waals surface area contributed by atoms with Crippen molar-refractivity contribution in [3.05, 3.63) is 134 Å². The average molecular weight is 881 g/mol. The Balaban J connectivity index is 1.75. The second kappa shape index (κ2) is 14.5. The number of aldehydes is 3. The van der Waals surface area contributed by atoms with Crippen LogP contribution in [0.25, 0.3) is 78.1 Å². The molecular formula is C40H11F15N4O3. The molecule has 62 heavy (non-hydrogen) atoms. The first-order valence-corrected chi connectivity index (χ1v) is 16.8. The average Bonchev–Trinajstić information content (AvgIpc) is 4.09. The maximum absolute atomic E-state index is 15.8. The molecule has 0 radical (unpaired) electrons. The lowest BCUT2D eigenvalue weighted by atomic mass is 9.98. The molecule has 8 rings (SSSR count). The fraction of sp³-hybridized carbons (Fsp3) is 0. The molecule has 3 N–H and O–H groups in total. The van der Waals surface area contributed by atoms with Crippen LogP contribution in [0.3, 0.4) is 0 Å². The molecule has 0 amide bonds. The van der Waals surface area contributed by atoms with E-state index in [4.69, 9.17) is 0 Å². The topological polar surface area (TPSA) is 111 Å². The SMILES string of the molecule is O=CC1=Cc2nc1c(-c1c(F)c(F)c(F)c(F)c1F)c1ccc([nH]1)c(-c1c(F)c(F)c(F)c(F)c1F)c1ccc([nH]1)c(-c1c(F)c(F)c(F)c(F)c1F)c1[nH]c2c(C=O)c1C=O. The smallest absolute Gasteiger partial charge is 0.200 e. The number of hydrogen-bond donors (Lipinski definition) is 3. The summed E-state index contributed by atoms with van der Waals surface area (Å²) in [6, 6.07) is 2.78. The number of carbonyl (C=O) groups excluding carboxylic acids is 3. The van der Waals surface area contributed by atoms with Crippen LogP contribution >= 0.6 is 0 Å². The Hall–Kier alpha value is -7.65. The Morgan fingerprint density at radius 2 is 0.677 bits per heavy atom. The largest absolute Gasteiger partial charge is 0.354 e. The first-order chi connectivity index (χ1) is 29.4. The number of nitrogens with one attached hydrogen (secondary N) is 3. The number of halogens is 15. The molecule has 1 aliphatic rings. The Bertz CT molecular complexity index is 3300. The molecule has 8 bridgehead atoms. The number of allylic oxidation sites excluding steroid dienone is 1. The molecule has 3 aromatic carbocycles. The van der Waals surface area contributed by atoms with Gasteiger partial charge < -0.3 is 15.0 Å². The molecule has 7 nitrogen and oxygen atoms in total. The maximum atomic E-state index is 15.8. The van der Waals surface area contributed by atoms with Crippen LogP contribution in [0.2, 0.25) is 0 Å². The van der Waals surface area contributed by atoms with E-state index in [-0.39, 0.29) is 18.9 Å². The molecule has 22 heteroatoms. The van der Waals surface area contributed by atoms with Gasteiger partial charge >= 0.3 is 0 Å². The van der Waals surface area contributed by atoms with Crippen molar-refractivity contribution < 1.29 is 80.2 Å². The van der Waals surface area contributed by atoms with E-state index in [9.17, 15) is 53.9 Å². The molecule has 5 heterocycles. The van der Waals surface area contributed by atoms with Gasteiger partial charge in [-0.3, -0.25) is 14.4 Å². The summed E-state index contributed by atoms with van der Waals surface area (Å²) in [5, 5.41) is 0. The highest BCUT2D eigenvalue weighted by molar-refractivity contribution is 6.19. The van der Waals surface area contributed by atoms with E-state index in [1.54, 1.807) is 0 Å². The summed E-state index contributed by atoms with van der Waals surface area (Å²) < 4.78 is 226. The summed E-state index contributed by atoms with van der Waals surface area (Å²) in [5.74, 6) is -38.8. The van der Waals surface area contributed by atoms with Crippen molar-refractivity contribution in [3.63, 3.8) is 0 Å². The minimum atomic E-state index is -2.68. The summed E-state index contributed by atoms with van der Waals surface area (Å²) in [6.45, 7) is 0. The number of H-pyrrole nitrogens is 3. The van der Waals surface area contributed by atoms with Gasteiger partial charge in [0.2, 0.25) is 17.5 Å². The number of benzene rings is 3. The van der Waals surface area contributed by atoms with Crippen molar-refractivity contribution in [3.8, 4) is 33.4 Å². The summed E-state index contributed by atoms with van der Waals surface area (Å²) >= 11 is 0. The Morgan fingerprint density at radius 3 is 1.06 bits per heavy atom. The predicted molar refractivity (Wildman–Crippen MR) is 187 cm³/mol. The number of carbonyl (C=O) groups is 3. The fourth-order valence-corrected chi connectivity index (χ4v) is 7.06. The first-order valence-electron chi connectivity index (χ1n) is 16.8. The Labute approximate surface area is 331 Å². The first kappa shape index (κ1) is 41.1. The lowest BCUT2D eigenvalue weighted by Crippen LogP contribution is -2.06. The van der Waals surface area contributed by atoms with E-state index in [0.717, 1.165) is 0 Å². The second-order valence-corrected chi connectivity index (χ2v) is 13.0. The van der Waals surface area contributed by atoms with Gasteiger partial charge in [-0.25, -0.2) is 70.8 Å². The number of rotatable bonds is 6. The zero-order valence-electron chi connectivity index (χ0n) is 29.5. The molecule has 4 aromatic heterocycles. The molecule has 0 unspecified atom stereocenters. The highest BCUT2D eigenvalue weighted by Crippen LogP contribution is 2.44. The van der Waals surface area contributed by atoms with E-state index in [0.29, 0.717) is 30.3 Å². The van der Waals surface area contributed by atoms with Crippen molar-refractivity contribution in [2.75, 3.05) is 0 Å². The highest BCUT2D eigenvalue weighted by Gasteiger charge is 2.34. The van der Waals surface area contributed by atoms with Crippen molar-refractivity contribution in [2.45, 2.75) is 0 Å². The monoisotopic (exact) mass is 880 g/mol. The molecule has 314 valence electrons. The van der Waals surface area contributed by atoms with E-state index >= 15 is 26.3 Å². The van der Waals surface area contributed by atoms with Crippen LogP contribution in [-0.4, -0.2) is 38.8 Å². The van der Waals surface area contributed by atoms with Crippen LogP contribution in [0.4, 0.5) is 65.9 Å². The van der Waals surface area contributed by atoms with Gasteiger partial charge in [0.15, 0.2) is 88.7 Å².